The summed E-state index contributed by atoms with van der Waals surface area (Å²) in [5.74, 6) is -0.834. The molecule has 0 aliphatic rings. The quantitative estimate of drug-likeness (QED) is 0.757. The van der Waals surface area contributed by atoms with Crippen molar-refractivity contribution in [1.29, 1.82) is 0 Å². The van der Waals surface area contributed by atoms with Gasteiger partial charge in [0.2, 0.25) is 15.9 Å². The van der Waals surface area contributed by atoms with Crippen molar-refractivity contribution in [2.45, 2.75) is 24.5 Å². The lowest BCUT2D eigenvalue weighted by molar-refractivity contribution is -0.138. The first kappa shape index (κ1) is 22.9. The highest BCUT2D eigenvalue weighted by Crippen LogP contribution is 2.29. The summed E-state index contributed by atoms with van der Waals surface area (Å²) in [6, 6.07) is 4.62. The fourth-order valence-electron chi connectivity index (χ4n) is 2.38. The molecule has 0 aliphatic heterocycles. The molecule has 2 aromatic rings. The molecule has 0 bridgehead atoms. The van der Waals surface area contributed by atoms with E-state index in [4.69, 9.17) is 11.6 Å². The number of nitrogens with zero attached hydrogens (tertiary/aromatic N) is 2. The Labute approximate surface area is 169 Å². The van der Waals surface area contributed by atoms with Gasteiger partial charge in [-0.3, -0.25) is 9.59 Å². The summed E-state index contributed by atoms with van der Waals surface area (Å²) in [7, 11) is -1.07. The Kier molecular flexibility index (Phi) is 6.45. The maximum atomic E-state index is 12.9. The van der Waals surface area contributed by atoms with Gasteiger partial charge in [-0.1, -0.05) is 17.7 Å². The van der Waals surface area contributed by atoms with E-state index in [1.165, 1.54) is 32.3 Å². The van der Waals surface area contributed by atoms with Crippen molar-refractivity contribution in [1.82, 2.24) is 8.87 Å². The molecule has 0 fully saturated rings. The maximum absolute atomic E-state index is 12.9. The van der Waals surface area contributed by atoms with E-state index in [1.807, 2.05) is 0 Å². The van der Waals surface area contributed by atoms with Crippen molar-refractivity contribution >= 4 is 33.2 Å². The molecule has 1 amide bonds. The average Bonchev–Trinajstić information content (AvgIpc) is 2.59. The van der Waals surface area contributed by atoms with Gasteiger partial charge in [-0.25, -0.2) is 12.7 Å². The van der Waals surface area contributed by atoms with Crippen LogP contribution in [0.15, 0.2) is 40.2 Å². The van der Waals surface area contributed by atoms with Crippen LogP contribution < -0.4 is 10.9 Å². The van der Waals surface area contributed by atoms with Crippen LogP contribution in [0.2, 0.25) is 5.02 Å². The number of rotatable bonds is 5. The Morgan fingerprint density at radius 1 is 1.24 bits per heavy atom. The summed E-state index contributed by atoms with van der Waals surface area (Å²) in [5.41, 5.74) is -1.59. The molecule has 1 aromatic heterocycles. The molecule has 1 aromatic carbocycles. The predicted molar refractivity (Wildman–Crippen MR) is 101 cm³/mol. The molecule has 0 atom stereocenters. The van der Waals surface area contributed by atoms with Crippen molar-refractivity contribution in [2.75, 3.05) is 19.4 Å². The van der Waals surface area contributed by atoms with Gasteiger partial charge in [-0.15, -0.1) is 0 Å². The molecule has 158 valence electrons. The van der Waals surface area contributed by atoms with Gasteiger partial charge in [-0.2, -0.15) is 13.2 Å². The number of carbonyl (C=O) groups excluding carboxylic acids is 1. The van der Waals surface area contributed by atoms with Crippen LogP contribution in [0.4, 0.5) is 18.9 Å². The van der Waals surface area contributed by atoms with Gasteiger partial charge < -0.3 is 9.88 Å². The number of sulfonamides is 1. The summed E-state index contributed by atoms with van der Waals surface area (Å²) in [6.07, 6.45) is -4.26. The van der Waals surface area contributed by atoms with Gasteiger partial charge in [0.1, 0.15) is 11.6 Å². The smallest absolute Gasteiger partial charge is 0.324 e. The van der Waals surface area contributed by atoms with Crippen LogP contribution >= 0.6 is 11.6 Å². The summed E-state index contributed by atoms with van der Waals surface area (Å²) >= 11 is 5.55. The molecule has 2 rings (SSSR count). The van der Waals surface area contributed by atoms with E-state index < -0.39 is 44.8 Å². The van der Waals surface area contributed by atoms with Gasteiger partial charge in [0.05, 0.1) is 10.5 Å². The van der Waals surface area contributed by atoms with E-state index in [0.717, 1.165) is 4.31 Å². The van der Waals surface area contributed by atoms with Crippen LogP contribution in [0, 0.1) is 6.92 Å². The number of pyridine rings is 1. The molecular weight excluding hydrogens is 435 g/mol. The van der Waals surface area contributed by atoms with E-state index in [1.54, 1.807) is 6.92 Å². The third kappa shape index (κ3) is 5.17. The van der Waals surface area contributed by atoms with Crippen LogP contribution in [-0.4, -0.2) is 37.3 Å². The third-order valence-corrected chi connectivity index (χ3v) is 6.14. The van der Waals surface area contributed by atoms with Crippen molar-refractivity contribution in [3.8, 4) is 0 Å². The van der Waals surface area contributed by atoms with Gasteiger partial charge >= 0.3 is 6.18 Å². The molecule has 0 saturated carbocycles. The Morgan fingerprint density at radius 3 is 2.41 bits per heavy atom. The Morgan fingerprint density at radius 2 is 1.86 bits per heavy atom. The second kappa shape index (κ2) is 8.17. The zero-order valence-electron chi connectivity index (χ0n) is 15.5. The lowest BCUT2D eigenvalue weighted by Crippen LogP contribution is -2.29. The molecular formula is C17H17ClF3N3O4S. The second-order valence-electron chi connectivity index (χ2n) is 6.32. The van der Waals surface area contributed by atoms with E-state index in [2.05, 4.69) is 5.32 Å². The predicted octanol–water partition coefficient (Wildman–Crippen LogP) is 2.72. The summed E-state index contributed by atoms with van der Waals surface area (Å²) in [5, 5.41) is 1.69. The number of amides is 1. The summed E-state index contributed by atoms with van der Waals surface area (Å²) < 4.78 is 64.9. The molecule has 0 radical (unpaired) electrons. The number of aryl methyl sites for hydroxylation is 1. The molecule has 0 aliphatic carbocycles. The third-order valence-electron chi connectivity index (χ3n) is 3.91. The minimum Gasteiger partial charge on any atom is -0.324 e. The van der Waals surface area contributed by atoms with Gasteiger partial charge in [0.15, 0.2) is 0 Å². The number of nitrogens with one attached hydrogen (secondary N) is 1. The number of hydrogen-bond acceptors (Lipinski definition) is 4. The summed E-state index contributed by atoms with van der Waals surface area (Å²) in [6.45, 7) is 0.832. The molecule has 0 saturated heterocycles. The topological polar surface area (TPSA) is 88.5 Å². The molecule has 29 heavy (non-hydrogen) atoms. The van der Waals surface area contributed by atoms with E-state index >= 15 is 0 Å². The first-order valence-corrected chi connectivity index (χ1v) is 9.85. The van der Waals surface area contributed by atoms with Crippen molar-refractivity contribution in [3.05, 3.63) is 57.0 Å². The standard InChI is InChI=1S/C17H17ClF3N3O4S/c1-10-4-5-12(7-14(10)29(27,28)23(2)3)22-15(25)9-24-8-11(17(19,20)21)6-13(18)16(24)26/h4-8H,9H2,1-3H3,(H,22,25). The molecule has 7 nitrogen and oxygen atoms in total. The first-order chi connectivity index (χ1) is 13.2. The van der Waals surface area contributed by atoms with Crippen molar-refractivity contribution in [2.24, 2.45) is 0 Å². The zero-order chi connectivity index (χ0) is 22.1. The van der Waals surface area contributed by atoms with Gasteiger partial charge in [-0.05, 0) is 30.7 Å². The molecule has 1 N–H and O–H groups in total. The molecule has 1 heterocycles. The number of anilines is 1. The van der Waals surface area contributed by atoms with E-state index in [-0.39, 0.29) is 10.6 Å². The van der Waals surface area contributed by atoms with Crippen molar-refractivity contribution in [3.63, 3.8) is 0 Å². The molecule has 0 spiro atoms. The number of hydrogen-bond donors (Lipinski definition) is 1. The van der Waals surface area contributed by atoms with Crippen LogP contribution in [0.25, 0.3) is 0 Å². The highest BCUT2D eigenvalue weighted by Gasteiger charge is 2.32. The minimum atomic E-state index is -4.75. The van der Waals surface area contributed by atoms with E-state index in [0.29, 0.717) is 22.4 Å². The van der Waals surface area contributed by atoms with Crippen LogP contribution in [0.3, 0.4) is 0 Å². The number of carbonyl (C=O) groups is 1. The van der Waals surface area contributed by atoms with Crippen LogP contribution in [-0.2, 0) is 27.5 Å². The normalized spacial score (nSPS) is 12.3. The van der Waals surface area contributed by atoms with Crippen LogP contribution in [0.1, 0.15) is 11.1 Å². The van der Waals surface area contributed by atoms with Gasteiger partial charge in [0, 0.05) is 26.0 Å². The Balaban J connectivity index is 2.32. The fourth-order valence-corrected chi connectivity index (χ4v) is 3.75. The van der Waals surface area contributed by atoms with E-state index in [9.17, 15) is 31.2 Å². The molecule has 12 heteroatoms. The average molecular weight is 452 g/mol. The van der Waals surface area contributed by atoms with Gasteiger partial charge in [0.25, 0.3) is 5.56 Å². The first-order valence-electron chi connectivity index (χ1n) is 8.03. The highest BCUT2D eigenvalue weighted by atomic mass is 35.5. The fraction of sp³-hybridized carbons (Fsp3) is 0.294. The highest BCUT2D eigenvalue weighted by molar-refractivity contribution is 7.89. The number of alkyl halides is 3. The molecule has 0 unspecified atom stereocenters. The number of halogens is 4. The van der Waals surface area contributed by atoms with Crippen LogP contribution in [0.5, 0.6) is 0 Å². The second-order valence-corrected chi connectivity index (χ2v) is 8.85. The summed E-state index contributed by atoms with van der Waals surface area (Å²) in [4.78, 5) is 24.1. The Bertz CT molecular complexity index is 1110. The number of aromatic nitrogens is 1. The number of benzene rings is 1. The van der Waals surface area contributed by atoms with Crippen molar-refractivity contribution < 1.29 is 26.4 Å². The Hall–Kier alpha value is -2.37. The monoisotopic (exact) mass is 451 g/mol. The minimum absolute atomic E-state index is 0.0421. The lowest BCUT2D eigenvalue weighted by Gasteiger charge is -2.15. The zero-order valence-corrected chi connectivity index (χ0v) is 17.1. The SMILES string of the molecule is Cc1ccc(NC(=O)Cn2cc(C(F)(F)F)cc(Cl)c2=O)cc1S(=O)(=O)N(C)C. The largest absolute Gasteiger partial charge is 0.417 e. The maximum Gasteiger partial charge on any atom is 0.417 e. The lowest BCUT2D eigenvalue weighted by atomic mass is 10.2.